The van der Waals surface area contributed by atoms with Gasteiger partial charge in [0.25, 0.3) is 5.56 Å². The van der Waals surface area contributed by atoms with Crippen molar-refractivity contribution in [2.24, 2.45) is 0 Å². The van der Waals surface area contributed by atoms with Crippen LogP contribution in [0.15, 0.2) is 53.6 Å². The Morgan fingerprint density at radius 2 is 2.03 bits per heavy atom. The Hall–Kier alpha value is -3.56. The number of ether oxygens (including phenoxy) is 1. The van der Waals surface area contributed by atoms with Crippen LogP contribution in [-0.4, -0.2) is 51.9 Å². The Morgan fingerprint density at radius 1 is 1.19 bits per heavy atom. The molecule has 1 saturated heterocycles. The Bertz CT molecular complexity index is 1490. The van der Waals surface area contributed by atoms with Crippen LogP contribution in [-0.2, 0) is 6.54 Å². The summed E-state index contributed by atoms with van der Waals surface area (Å²) in [5.74, 6) is 0.701. The number of fused-ring (bicyclic) bond motifs is 1. The van der Waals surface area contributed by atoms with Crippen LogP contribution in [0.2, 0.25) is 5.02 Å². The maximum absolute atomic E-state index is 13.4. The summed E-state index contributed by atoms with van der Waals surface area (Å²) in [4.78, 5) is 25.0. The van der Waals surface area contributed by atoms with Gasteiger partial charge in [-0.3, -0.25) is 9.36 Å². The van der Waals surface area contributed by atoms with Crippen LogP contribution in [0, 0.1) is 0 Å². The maximum atomic E-state index is 13.4. The SMILES string of the molecule is CCOc1cc2cnc(Nc3ccc(N4CCNCC4)c(Cl)c3)nc2n(Cc2cccn2C2CC2)c1=O. The summed E-state index contributed by atoms with van der Waals surface area (Å²) in [5.41, 5.74) is 3.22. The molecule has 10 heteroatoms. The summed E-state index contributed by atoms with van der Waals surface area (Å²) in [7, 11) is 0. The standard InChI is InChI=1S/C27H30ClN7O2/c1-2-37-24-14-18-16-30-27(31-19-5-8-23(22(28)15-19)33-12-9-29-10-13-33)32-25(18)35(26(24)36)17-21-4-3-11-34(21)20-6-7-20/h3-5,8,11,14-16,20,29H,2,6-7,9-10,12-13,17H2,1H3,(H,30,31,32). The zero-order chi connectivity index (χ0) is 25.4. The van der Waals surface area contributed by atoms with Gasteiger partial charge in [-0.05, 0) is 56.2 Å². The van der Waals surface area contributed by atoms with E-state index in [1.54, 1.807) is 16.8 Å². The number of piperazine rings is 1. The highest BCUT2D eigenvalue weighted by Gasteiger charge is 2.25. The first-order valence-electron chi connectivity index (χ1n) is 12.8. The number of hydrogen-bond acceptors (Lipinski definition) is 7. The molecule has 4 aromatic rings. The Balaban J connectivity index is 1.34. The molecule has 1 aliphatic carbocycles. The fourth-order valence-electron chi connectivity index (χ4n) is 4.91. The van der Waals surface area contributed by atoms with E-state index in [-0.39, 0.29) is 5.56 Å². The smallest absolute Gasteiger partial charge is 0.294 e. The summed E-state index contributed by atoms with van der Waals surface area (Å²) < 4.78 is 9.60. The largest absolute Gasteiger partial charge is 0.488 e. The second-order valence-corrected chi connectivity index (χ2v) is 9.88. The van der Waals surface area contributed by atoms with Crippen LogP contribution >= 0.6 is 11.6 Å². The van der Waals surface area contributed by atoms with Gasteiger partial charge in [0.05, 0.1) is 23.9 Å². The second kappa shape index (κ2) is 10.1. The van der Waals surface area contributed by atoms with E-state index in [1.807, 2.05) is 31.2 Å². The molecule has 2 N–H and O–H groups in total. The van der Waals surface area contributed by atoms with Crippen molar-refractivity contribution in [3.05, 3.63) is 69.9 Å². The minimum absolute atomic E-state index is 0.203. The number of nitrogens with zero attached hydrogens (tertiary/aromatic N) is 5. The first-order chi connectivity index (χ1) is 18.1. The van der Waals surface area contributed by atoms with Crippen molar-refractivity contribution >= 4 is 40.0 Å². The summed E-state index contributed by atoms with van der Waals surface area (Å²) >= 11 is 6.64. The zero-order valence-corrected chi connectivity index (χ0v) is 21.5. The third-order valence-corrected chi connectivity index (χ3v) is 7.19. The molecule has 9 nitrogen and oxygen atoms in total. The molecule has 0 amide bonds. The molecule has 1 aliphatic heterocycles. The van der Waals surface area contributed by atoms with Crippen LogP contribution in [0.3, 0.4) is 0 Å². The van der Waals surface area contributed by atoms with Gasteiger partial charge in [0, 0.05) is 61.4 Å². The van der Waals surface area contributed by atoms with Gasteiger partial charge in [0.15, 0.2) is 5.75 Å². The predicted molar refractivity (Wildman–Crippen MR) is 147 cm³/mol. The van der Waals surface area contributed by atoms with Crippen LogP contribution < -0.4 is 25.8 Å². The molecule has 0 radical (unpaired) electrons. The minimum atomic E-state index is -0.203. The number of anilines is 3. The maximum Gasteiger partial charge on any atom is 0.294 e. The number of nitrogens with one attached hydrogen (secondary N) is 2. The second-order valence-electron chi connectivity index (χ2n) is 9.47. The molecule has 0 unspecified atom stereocenters. The fourth-order valence-corrected chi connectivity index (χ4v) is 5.21. The van der Waals surface area contributed by atoms with Crippen molar-refractivity contribution in [1.82, 2.24) is 24.4 Å². The number of halogens is 1. The molecule has 6 rings (SSSR count). The fraction of sp³-hybridized carbons (Fsp3) is 0.370. The summed E-state index contributed by atoms with van der Waals surface area (Å²) in [6.07, 6.45) is 6.15. The molecule has 37 heavy (non-hydrogen) atoms. The molecule has 0 atom stereocenters. The zero-order valence-electron chi connectivity index (χ0n) is 20.8. The van der Waals surface area contributed by atoms with Crippen LogP contribution in [0.4, 0.5) is 17.3 Å². The monoisotopic (exact) mass is 519 g/mol. The van der Waals surface area contributed by atoms with E-state index < -0.39 is 0 Å². The molecule has 0 spiro atoms. The Morgan fingerprint density at radius 3 is 2.78 bits per heavy atom. The quantitative estimate of drug-likeness (QED) is 0.361. The van der Waals surface area contributed by atoms with Crippen molar-refractivity contribution in [1.29, 1.82) is 0 Å². The van der Waals surface area contributed by atoms with Gasteiger partial charge in [-0.25, -0.2) is 4.98 Å². The van der Waals surface area contributed by atoms with E-state index in [0.717, 1.165) is 48.6 Å². The van der Waals surface area contributed by atoms with Crippen LogP contribution in [0.5, 0.6) is 5.75 Å². The number of benzene rings is 1. The van der Waals surface area contributed by atoms with E-state index in [0.29, 0.717) is 41.6 Å². The molecule has 0 bridgehead atoms. The lowest BCUT2D eigenvalue weighted by Crippen LogP contribution is -2.43. The molecular formula is C27H30ClN7O2. The minimum Gasteiger partial charge on any atom is -0.488 e. The highest BCUT2D eigenvalue weighted by molar-refractivity contribution is 6.33. The molecule has 2 fully saturated rings. The molecule has 3 aromatic heterocycles. The Kier molecular flexibility index (Phi) is 6.48. The lowest BCUT2D eigenvalue weighted by atomic mass is 10.2. The molecule has 4 heterocycles. The van der Waals surface area contributed by atoms with E-state index in [4.69, 9.17) is 21.3 Å². The average Bonchev–Trinajstić information content (AvgIpc) is 3.65. The van der Waals surface area contributed by atoms with Gasteiger partial charge < -0.3 is 24.8 Å². The van der Waals surface area contributed by atoms with Gasteiger partial charge in [-0.2, -0.15) is 4.98 Å². The Labute approximate surface area is 220 Å². The lowest BCUT2D eigenvalue weighted by molar-refractivity contribution is 0.333. The molecule has 2 aliphatic rings. The van der Waals surface area contributed by atoms with E-state index in [2.05, 4.69) is 37.3 Å². The number of pyridine rings is 1. The van der Waals surface area contributed by atoms with Crippen molar-refractivity contribution in [3.8, 4) is 5.75 Å². The predicted octanol–water partition coefficient (Wildman–Crippen LogP) is 4.18. The average molecular weight is 520 g/mol. The summed E-state index contributed by atoms with van der Waals surface area (Å²) in [6, 6.07) is 12.2. The van der Waals surface area contributed by atoms with Crippen molar-refractivity contribution < 1.29 is 4.74 Å². The van der Waals surface area contributed by atoms with Crippen LogP contribution in [0.25, 0.3) is 11.0 Å². The number of rotatable bonds is 8. The van der Waals surface area contributed by atoms with Crippen molar-refractivity contribution in [2.45, 2.75) is 32.4 Å². The van der Waals surface area contributed by atoms with Crippen LogP contribution in [0.1, 0.15) is 31.5 Å². The third-order valence-electron chi connectivity index (χ3n) is 6.88. The highest BCUT2D eigenvalue weighted by atomic mass is 35.5. The molecule has 1 aromatic carbocycles. The highest BCUT2D eigenvalue weighted by Crippen LogP contribution is 2.36. The number of aromatic nitrogens is 4. The van der Waals surface area contributed by atoms with Gasteiger partial charge in [0.2, 0.25) is 5.95 Å². The first kappa shape index (κ1) is 23.8. The van der Waals surface area contributed by atoms with Crippen molar-refractivity contribution in [3.63, 3.8) is 0 Å². The molecule has 192 valence electrons. The van der Waals surface area contributed by atoms with E-state index in [1.165, 1.54) is 12.8 Å². The molecule has 1 saturated carbocycles. The lowest BCUT2D eigenvalue weighted by Gasteiger charge is -2.30. The normalized spacial score (nSPS) is 15.8. The summed E-state index contributed by atoms with van der Waals surface area (Å²) in [5, 5.41) is 8.04. The third kappa shape index (κ3) is 4.89. The van der Waals surface area contributed by atoms with Gasteiger partial charge in [-0.1, -0.05) is 11.6 Å². The van der Waals surface area contributed by atoms with Crippen molar-refractivity contribution in [2.75, 3.05) is 43.0 Å². The van der Waals surface area contributed by atoms with Gasteiger partial charge >= 0.3 is 0 Å². The summed E-state index contributed by atoms with van der Waals surface area (Å²) in [6.45, 7) is 6.41. The van der Waals surface area contributed by atoms with Gasteiger partial charge in [0.1, 0.15) is 5.65 Å². The molecular weight excluding hydrogens is 490 g/mol. The topological polar surface area (TPSA) is 89.2 Å². The van der Waals surface area contributed by atoms with E-state index >= 15 is 0 Å². The number of hydrogen-bond donors (Lipinski definition) is 2. The van der Waals surface area contributed by atoms with E-state index in [9.17, 15) is 4.79 Å². The van der Waals surface area contributed by atoms with Gasteiger partial charge in [-0.15, -0.1) is 0 Å². The first-order valence-corrected chi connectivity index (χ1v) is 13.2.